The molecule has 142 valence electrons. The number of hydrogen-bond acceptors (Lipinski definition) is 4. The van der Waals surface area contributed by atoms with E-state index in [1.165, 1.54) is 0 Å². The molecule has 0 aliphatic carbocycles. The first kappa shape index (κ1) is 21.7. The largest absolute Gasteiger partial charge is 0.342 e. The lowest BCUT2D eigenvalue weighted by Crippen LogP contribution is -2.48. The van der Waals surface area contributed by atoms with Crippen LogP contribution in [0.1, 0.15) is 45.4 Å². The topological polar surface area (TPSA) is 69.7 Å². The summed E-state index contributed by atoms with van der Waals surface area (Å²) < 4.78 is 26.0. The third kappa shape index (κ3) is 5.58. The molecular formula is C16H32ClN3O3S. The van der Waals surface area contributed by atoms with Crippen molar-refractivity contribution in [3.05, 3.63) is 0 Å². The van der Waals surface area contributed by atoms with Gasteiger partial charge in [0, 0.05) is 32.1 Å². The quantitative estimate of drug-likeness (QED) is 0.756. The van der Waals surface area contributed by atoms with E-state index in [2.05, 4.69) is 5.32 Å². The fourth-order valence-electron chi connectivity index (χ4n) is 3.50. The number of halogens is 1. The number of amides is 1. The van der Waals surface area contributed by atoms with Crippen molar-refractivity contribution in [3.63, 3.8) is 0 Å². The first-order valence-electron chi connectivity index (χ1n) is 8.91. The van der Waals surface area contributed by atoms with Gasteiger partial charge in [0.2, 0.25) is 15.9 Å². The summed E-state index contributed by atoms with van der Waals surface area (Å²) >= 11 is 0. The summed E-state index contributed by atoms with van der Waals surface area (Å²) in [7, 11) is -1.23. The second-order valence-electron chi connectivity index (χ2n) is 6.77. The summed E-state index contributed by atoms with van der Waals surface area (Å²) in [4.78, 5) is 14.6. The molecule has 0 atom stereocenters. The van der Waals surface area contributed by atoms with E-state index < -0.39 is 10.0 Å². The molecule has 0 aromatic rings. The van der Waals surface area contributed by atoms with Crippen LogP contribution in [0.4, 0.5) is 0 Å². The number of nitrogens with zero attached hydrogens (tertiary/aromatic N) is 2. The highest BCUT2D eigenvalue weighted by atomic mass is 35.5. The monoisotopic (exact) mass is 381 g/mol. The number of unbranched alkanes of at least 4 members (excludes halogenated alkanes) is 1. The van der Waals surface area contributed by atoms with Crippen molar-refractivity contribution in [2.75, 3.05) is 39.0 Å². The predicted molar refractivity (Wildman–Crippen MR) is 98.9 cm³/mol. The zero-order valence-corrected chi connectivity index (χ0v) is 16.5. The van der Waals surface area contributed by atoms with Gasteiger partial charge in [-0.05, 0) is 45.2 Å². The zero-order valence-electron chi connectivity index (χ0n) is 14.9. The lowest BCUT2D eigenvalue weighted by molar-refractivity contribution is -0.138. The maximum Gasteiger partial charge on any atom is 0.225 e. The van der Waals surface area contributed by atoms with E-state index in [-0.39, 0.29) is 30.0 Å². The van der Waals surface area contributed by atoms with Crippen molar-refractivity contribution in [2.45, 2.75) is 51.5 Å². The van der Waals surface area contributed by atoms with Gasteiger partial charge < -0.3 is 10.2 Å². The van der Waals surface area contributed by atoms with Gasteiger partial charge in [0.25, 0.3) is 0 Å². The third-order valence-electron chi connectivity index (χ3n) is 5.16. The first-order chi connectivity index (χ1) is 11.0. The molecule has 1 amide bonds. The van der Waals surface area contributed by atoms with E-state index >= 15 is 0 Å². The van der Waals surface area contributed by atoms with Crippen LogP contribution < -0.4 is 5.32 Å². The zero-order chi connectivity index (χ0) is 16.9. The number of carbonyl (C=O) groups excluding carboxylic acids is 1. The van der Waals surface area contributed by atoms with Gasteiger partial charge in [-0.3, -0.25) is 4.79 Å². The molecule has 6 nitrogen and oxygen atoms in total. The Morgan fingerprint density at radius 1 is 1.17 bits per heavy atom. The van der Waals surface area contributed by atoms with Gasteiger partial charge in [-0.15, -0.1) is 12.4 Å². The van der Waals surface area contributed by atoms with E-state index in [0.29, 0.717) is 38.4 Å². The van der Waals surface area contributed by atoms with Crippen LogP contribution in [0.2, 0.25) is 0 Å². The fourth-order valence-corrected chi connectivity index (χ4v) is 5.18. The van der Waals surface area contributed by atoms with E-state index in [4.69, 9.17) is 0 Å². The normalized spacial score (nSPS) is 21.2. The number of nitrogens with one attached hydrogen (secondary N) is 1. The lowest BCUT2D eigenvalue weighted by Gasteiger charge is -2.36. The Morgan fingerprint density at radius 2 is 1.75 bits per heavy atom. The van der Waals surface area contributed by atoms with Crippen LogP contribution in [-0.4, -0.2) is 68.6 Å². The number of carbonyl (C=O) groups is 1. The maximum absolute atomic E-state index is 12.7. The summed E-state index contributed by atoms with van der Waals surface area (Å²) in [6, 6.07) is 0.329. The highest BCUT2D eigenvalue weighted by Crippen LogP contribution is 2.24. The van der Waals surface area contributed by atoms with Crippen molar-refractivity contribution in [3.8, 4) is 0 Å². The summed E-state index contributed by atoms with van der Waals surface area (Å²) in [6.45, 7) is 4.91. The average molecular weight is 382 g/mol. The van der Waals surface area contributed by atoms with Gasteiger partial charge >= 0.3 is 0 Å². The Labute approximate surface area is 152 Å². The molecule has 2 aliphatic rings. The number of sulfonamides is 1. The maximum atomic E-state index is 12.7. The molecule has 0 aromatic carbocycles. The van der Waals surface area contributed by atoms with E-state index in [1.807, 2.05) is 18.9 Å². The summed E-state index contributed by atoms with van der Waals surface area (Å²) in [5, 5.41) is 3.32. The van der Waals surface area contributed by atoms with E-state index in [9.17, 15) is 13.2 Å². The smallest absolute Gasteiger partial charge is 0.225 e. The van der Waals surface area contributed by atoms with Crippen LogP contribution in [0, 0.1) is 5.92 Å². The molecule has 2 heterocycles. The molecule has 2 aliphatic heterocycles. The molecule has 0 spiro atoms. The molecule has 0 unspecified atom stereocenters. The summed E-state index contributed by atoms with van der Waals surface area (Å²) in [6.07, 6.45) is 4.91. The second-order valence-corrected chi connectivity index (χ2v) is 8.86. The van der Waals surface area contributed by atoms with Crippen molar-refractivity contribution < 1.29 is 13.2 Å². The Kier molecular flexibility index (Phi) is 8.98. The molecular weight excluding hydrogens is 350 g/mol. The van der Waals surface area contributed by atoms with Gasteiger partial charge in [0.05, 0.1) is 5.75 Å². The van der Waals surface area contributed by atoms with Crippen molar-refractivity contribution in [1.82, 2.24) is 14.5 Å². The lowest BCUT2D eigenvalue weighted by atomic mass is 9.95. The van der Waals surface area contributed by atoms with Gasteiger partial charge in [-0.2, -0.15) is 0 Å². The molecule has 0 saturated carbocycles. The minimum atomic E-state index is -3.14. The minimum Gasteiger partial charge on any atom is -0.342 e. The van der Waals surface area contributed by atoms with E-state index in [0.717, 1.165) is 32.4 Å². The van der Waals surface area contributed by atoms with Crippen molar-refractivity contribution in [2.24, 2.45) is 5.92 Å². The molecule has 0 bridgehead atoms. The molecule has 0 aromatic heterocycles. The second kappa shape index (κ2) is 9.94. The van der Waals surface area contributed by atoms with Crippen LogP contribution in [0.25, 0.3) is 0 Å². The molecule has 2 rings (SSSR count). The fraction of sp³-hybridized carbons (Fsp3) is 0.938. The summed E-state index contributed by atoms with van der Waals surface area (Å²) in [5.41, 5.74) is 0. The Bertz CT molecular complexity index is 487. The molecule has 0 radical (unpaired) electrons. The third-order valence-corrected chi connectivity index (χ3v) is 7.11. The van der Waals surface area contributed by atoms with Crippen LogP contribution in [0.5, 0.6) is 0 Å². The molecule has 2 saturated heterocycles. The van der Waals surface area contributed by atoms with Gasteiger partial charge in [0.15, 0.2) is 0 Å². The minimum absolute atomic E-state index is 0. The SMILES string of the molecule is CCCCS(=O)(=O)N1CCC(C(=O)N(C)C2CCNCC2)CC1.Cl. The van der Waals surface area contributed by atoms with Crippen LogP contribution in [0.3, 0.4) is 0 Å². The van der Waals surface area contributed by atoms with Gasteiger partial charge in [-0.25, -0.2) is 12.7 Å². The standard InChI is InChI=1S/C16H31N3O3S.ClH/c1-3-4-13-23(21,22)19-11-7-14(8-12-19)16(20)18(2)15-5-9-17-10-6-15;/h14-15,17H,3-13H2,1-2H3;1H. The number of piperidine rings is 2. The van der Waals surface area contributed by atoms with Gasteiger partial charge in [-0.1, -0.05) is 13.3 Å². The predicted octanol–water partition coefficient (Wildman–Crippen LogP) is 1.46. The van der Waals surface area contributed by atoms with Gasteiger partial charge in [0.1, 0.15) is 0 Å². The molecule has 24 heavy (non-hydrogen) atoms. The molecule has 2 fully saturated rings. The number of hydrogen-bond donors (Lipinski definition) is 1. The van der Waals surface area contributed by atoms with E-state index in [1.54, 1.807) is 4.31 Å². The average Bonchev–Trinajstić information content (AvgIpc) is 2.59. The Hall–Kier alpha value is -0.370. The van der Waals surface area contributed by atoms with Crippen molar-refractivity contribution in [1.29, 1.82) is 0 Å². The summed E-state index contributed by atoms with van der Waals surface area (Å²) in [5.74, 6) is 0.409. The van der Waals surface area contributed by atoms with Crippen molar-refractivity contribution >= 4 is 28.3 Å². The Balaban J connectivity index is 0.00000288. The molecule has 8 heteroatoms. The van der Waals surface area contributed by atoms with Crippen LogP contribution in [-0.2, 0) is 14.8 Å². The first-order valence-corrected chi connectivity index (χ1v) is 10.5. The van der Waals surface area contributed by atoms with Crippen LogP contribution in [0.15, 0.2) is 0 Å². The highest BCUT2D eigenvalue weighted by molar-refractivity contribution is 7.89. The van der Waals surface area contributed by atoms with Crippen LogP contribution >= 0.6 is 12.4 Å². The molecule has 1 N–H and O–H groups in total. The Morgan fingerprint density at radius 3 is 2.29 bits per heavy atom. The highest BCUT2D eigenvalue weighted by Gasteiger charge is 2.33. The number of rotatable bonds is 6.